The monoisotopic (exact) mass is 135 g/mol. The molecule has 0 aliphatic rings. The van der Waals surface area contributed by atoms with E-state index < -0.39 is 0 Å². The molecule has 33 valence electrons. The number of hydrogen-bond donors (Lipinski definition) is 0. The predicted molar refractivity (Wildman–Crippen MR) is 24.8 cm³/mol. The Morgan fingerprint density at radius 2 is 1.67 bits per heavy atom. The van der Waals surface area contributed by atoms with E-state index in [9.17, 15) is 0 Å². The molecule has 0 aromatic carbocycles. The van der Waals surface area contributed by atoms with Gasteiger partial charge in [0.15, 0.2) is 0 Å². The Balaban J connectivity index is 0. The SMILES string of the molecule is [CH2]CC(C)C.[Zn]. The summed E-state index contributed by atoms with van der Waals surface area (Å²) in [5.41, 5.74) is 0. The van der Waals surface area contributed by atoms with Crippen LogP contribution in [0.3, 0.4) is 0 Å². The molecule has 0 aromatic heterocycles. The molecule has 0 bridgehead atoms. The first kappa shape index (κ1) is 9.80. The van der Waals surface area contributed by atoms with Crippen molar-refractivity contribution in [3.8, 4) is 0 Å². The van der Waals surface area contributed by atoms with Crippen LogP contribution in [-0.4, -0.2) is 0 Å². The molecule has 0 N–H and O–H groups in total. The average Bonchev–Trinajstić information content (AvgIpc) is 1.38. The van der Waals surface area contributed by atoms with E-state index in [1.165, 1.54) is 0 Å². The summed E-state index contributed by atoms with van der Waals surface area (Å²) >= 11 is 0. The minimum absolute atomic E-state index is 0. The molecule has 0 nitrogen and oxygen atoms in total. The smallest absolute Gasteiger partial charge is 0 e. The van der Waals surface area contributed by atoms with Gasteiger partial charge in [0.05, 0.1) is 0 Å². The molecule has 0 aliphatic heterocycles. The molecule has 0 heterocycles. The minimum Gasteiger partial charge on any atom is -0.0628 e. The van der Waals surface area contributed by atoms with Crippen LogP contribution in [-0.2, 0) is 19.5 Å². The molecule has 0 saturated carbocycles. The van der Waals surface area contributed by atoms with Gasteiger partial charge in [0, 0.05) is 19.5 Å². The van der Waals surface area contributed by atoms with Crippen LogP contribution in [0.2, 0.25) is 0 Å². The van der Waals surface area contributed by atoms with Crippen LogP contribution in [0.1, 0.15) is 20.3 Å². The summed E-state index contributed by atoms with van der Waals surface area (Å²) in [5.74, 6) is 0.773. The topological polar surface area (TPSA) is 0 Å². The Bertz CT molecular complexity index is 17.9. The maximum absolute atomic E-state index is 3.69. The van der Waals surface area contributed by atoms with E-state index in [2.05, 4.69) is 20.8 Å². The maximum atomic E-state index is 3.69. The third-order valence-corrected chi connectivity index (χ3v) is 0.577. The molecule has 0 amide bonds. The molecule has 0 rings (SSSR count). The molecular formula is C5H11Zn. The van der Waals surface area contributed by atoms with Crippen LogP contribution >= 0.6 is 0 Å². The van der Waals surface area contributed by atoms with Gasteiger partial charge in [-0.3, -0.25) is 0 Å². The normalized spacial score (nSPS) is 8.00. The zero-order valence-electron chi connectivity index (χ0n) is 4.70. The third kappa shape index (κ3) is 8.82. The fourth-order valence-electron chi connectivity index (χ4n) is 0. The predicted octanol–water partition coefficient (Wildman–Crippen LogP) is 1.86. The zero-order valence-corrected chi connectivity index (χ0v) is 7.67. The molecule has 1 radical (unpaired) electrons. The van der Waals surface area contributed by atoms with Gasteiger partial charge in [0.25, 0.3) is 0 Å². The Morgan fingerprint density at radius 1 is 1.50 bits per heavy atom. The van der Waals surface area contributed by atoms with E-state index in [4.69, 9.17) is 0 Å². The summed E-state index contributed by atoms with van der Waals surface area (Å²) in [7, 11) is 0. The first-order chi connectivity index (χ1) is 2.27. The van der Waals surface area contributed by atoms with E-state index in [1.807, 2.05) is 0 Å². The minimum atomic E-state index is 0. The summed E-state index contributed by atoms with van der Waals surface area (Å²) in [6.07, 6.45) is 1.06. The Labute approximate surface area is 53.1 Å². The van der Waals surface area contributed by atoms with E-state index in [0.29, 0.717) is 0 Å². The van der Waals surface area contributed by atoms with Crippen molar-refractivity contribution in [2.24, 2.45) is 5.92 Å². The van der Waals surface area contributed by atoms with Crippen molar-refractivity contribution < 1.29 is 19.5 Å². The second-order valence-corrected chi connectivity index (χ2v) is 1.68. The van der Waals surface area contributed by atoms with Crippen molar-refractivity contribution in [3.63, 3.8) is 0 Å². The summed E-state index contributed by atoms with van der Waals surface area (Å²) in [6.45, 7) is 8.00. The largest absolute Gasteiger partial charge is 0.0628 e. The Kier molecular flexibility index (Phi) is 9.18. The third-order valence-electron chi connectivity index (χ3n) is 0.577. The summed E-state index contributed by atoms with van der Waals surface area (Å²) in [5, 5.41) is 0. The fraction of sp³-hybridized carbons (Fsp3) is 0.800. The van der Waals surface area contributed by atoms with E-state index >= 15 is 0 Å². The number of rotatable bonds is 1. The van der Waals surface area contributed by atoms with Gasteiger partial charge >= 0.3 is 0 Å². The van der Waals surface area contributed by atoms with Gasteiger partial charge in [0.2, 0.25) is 0 Å². The van der Waals surface area contributed by atoms with Crippen molar-refractivity contribution in [3.05, 3.63) is 6.92 Å². The van der Waals surface area contributed by atoms with Crippen molar-refractivity contribution >= 4 is 0 Å². The van der Waals surface area contributed by atoms with E-state index in [-0.39, 0.29) is 19.5 Å². The van der Waals surface area contributed by atoms with Crippen molar-refractivity contribution in [2.45, 2.75) is 20.3 Å². The van der Waals surface area contributed by atoms with Gasteiger partial charge in [-0.1, -0.05) is 27.2 Å². The molecule has 0 spiro atoms. The van der Waals surface area contributed by atoms with Gasteiger partial charge in [-0.25, -0.2) is 0 Å². The van der Waals surface area contributed by atoms with Crippen LogP contribution < -0.4 is 0 Å². The Hall–Kier alpha value is 0.623. The van der Waals surface area contributed by atoms with Crippen molar-refractivity contribution in [1.82, 2.24) is 0 Å². The molecule has 0 fully saturated rings. The average molecular weight is 137 g/mol. The molecule has 0 aliphatic carbocycles. The molecule has 0 atom stereocenters. The molecular weight excluding hydrogens is 125 g/mol. The van der Waals surface area contributed by atoms with Crippen LogP contribution in [0.5, 0.6) is 0 Å². The van der Waals surface area contributed by atoms with Crippen LogP contribution in [0.25, 0.3) is 0 Å². The first-order valence-electron chi connectivity index (χ1n) is 2.06. The van der Waals surface area contributed by atoms with Gasteiger partial charge < -0.3 is 0 Å². The first-order valence-corrected chi connectivity index (χ1v) is 2.06. The molecule has 6 heavy (non-hydrogen) atoms. The summed E-state index contributed by atoms with van der Waals surface area (Å²) < 4.78 is 0. The quantitative estimate of drug-likeness (QED) is 0.483. The van der Waals surface area contributed by atoms with Crippen molar-refractivity contribution in [1.29, 1.82) is 0 Å². The van der Waals surface area contributed by atoms with Crippen molar-refractivity contribution in [2.75, 3.05) is 0 Å². The van der Waals surface area contributed by atoms with Gasteiger partial charge in [-0.15, -0.1) is 0 Å². The maximum Gasteiger partial charge on any atom is 0 e. The summed E-state index contributed by atoms with van der Waals surface area (Å²) in [4.78, 5) is 0. The van der Waals surface area contributed by atoms with Gasteiger partial charge in [-0.2, -0.15) is 0 Å². The molecule has 1 heteroatoms. The van der Waals surface area contributed by atoms with Crippen LogP contribution in [0.15, 0.2) is 0 Å². The van der Waals surface area contributed by atoms with E-state index in [1.54, 1.807) is 0 Å². The Morgan fingerprint density at radius 3 is 1.67 bits per heavy atom. The molecule has 0 unspecified atom stereocenters. The number of hydrogen-bond acceptors (Lipinski definition) is 0. The standard InChI is InChI=1S/C5H11.Zn/c1-4-5(2)3;/h5H,1,4H2,2-3H3;. The second kappa shape index (κ2) is 5.62. The fourth-order valence-corrected chi connectivity index (χ4v) is 0. The molecule has 0 saturated heterocycles. The van der Waals surface area contributed by atoms with Crippen LogP contribution in [0.4, 0.5) is 0 Å². The van der Waals surface area contributed by atoms with Gasteiger partial charge in [0.1, 0.15) is 0 Å². The second-order valence-electron chi connectivity index (χ2n) is 1.68. The van der Waals surface area contributed by atoms with Gasteiger partial charge in [-0.05, 0) is 5.92 Å². The van der Waals surface area contributed by atoms with E-state index in [0.717, 1.165) is 12.3 Å². The summed E-state index contributed by atoms with van der Waals surface area (Å²) in [6, 6.07) is 0. The zero-order chi connectivity index (χ0) is 4.28. The molecule has 0 aromatic rings. The van der Waals surface area contributed by atoms with Crippen LogP contribution in [0, 0.1) is 12.8 Å².